The first-order valence-electron chi connectivity index (χ1n) is 9.04. The lowest BCUT2D eigenvalue weighted by molar-refractivity contribution is 0.102. The number of methoxy groups -OCH3 is 1. The Morgan fingerprint density at radius 3 is 2.78 bits per heavy atom. The first-order chi connectivity index (χ1) is 13.2. The molecule has 1 aromatic carbocycles. The maximum absolute atomic E-state index is 12.4. The van der Waals surface area contributed by atoms with Crippen LogP contribution in [0.4, 0.5) is 11.6 Å². The molecule has 3 rings (SSSR count). The molecule has 7 heteroatoms. The molecule has 0 saturated heterocycles. The van der Waals surface area contributed by atoms with Crippen molar-refractivity contribution in [2.75, 3.05) is 24.3 Å². The minimum absolute atomic E-state index is 0.325. The zero-order valence-corrected chi connectivity index (χ0v) is 16.1. The molecule has 6 nitrogen and oxygen atoms in total. The Morgan fingerprint density at radius 1 is 1.26 bits per heavy atom. The molecule has 0 spiro atoms. The SMILES string of the molecule is COc1ccc(Cl)cc1NC(=O)c1cnc(NCCC2=CCCCC2)nc1. The van der Waals surface area contributed by atoms with Crippen molar-refractivity contribution in [3.63, 3.8) is 0 Å². The molecular weight excluding hydrogens is 364 g/mol. The highest BCUT2D eigenvalue weighted by Gasteiger charge is 2.12. The molecule has 2 aromatic rings. The van der Waals surface area contributed by atoms with Gasteiger partial charge >= 0.3 is 0 Å². The highest BCUT2D eigenvalue weighted by molar-refractivity contribution is 6.31. The van der Waals surface area contributed by atoms with Crippen molar-refractivity contribution in [1.82, 2.24) is 9.97 Å². The molecule has 27 heavy (non-hydrogen) atoms. The molecule has 0 unspecified atom stereocenters. The lowest BCUT2D eigenvalue weighted by Gasteiger charge is -2.13. The van der Waals surface area contributed by atoms with E-state index in [0.29, 0.717) is 28.0 Å². The van der Waals surface area contributed by atoms with Crippen molar-refractivity contribution in [1.29, 1.82) is 0 Å². The van der Waals surface area contributed by atoms with Crippen LogP contribution in [0.15, 0.2) is 42.2 Å². The van der Waals surface area contributed by atoms with Gasteiger partial charge in [0.15, 0.2) is 0 Å². The van der Waals surface area contributed by atoms with E-state index in [4.69, 9.17) is 16.3 Å². The molecule has 142 valence electrons. The summed E-state index contributed by atoms with van der Waals surface area (Å²) in [6.45, 7) is 0.789. The summed E-state index contributed by atoms with van der Waals surface area (Å²) in [5, 5.41) is 6.48. The average Bonchev–Trinajstić information content (AvgIpc) is 2.69. The first kappa shape index (κ1) is 19.2. The molecule has 0 radical (unpaired) electrons. The zero-order chi connectivity index (χ0) is 19.1. The maximum Gasteiger partial charge on any atom is 0.258 e. The van der Waals surface area contributed by atoms with Gasteiger partial charge in [0.1, 0.15) is 5.75 Å². The van der Waals surface area contributed by atoms with Gasteiger partial charge in [-0.15, -0.1) is 0 Å². The van der Waals surface area contributed by atoms with Gasteiger partial charge in [-0.05, 0) is 50.3 Å². The zero-order valence-electron chi connectivity index (χ0n) is 15.3. The van der Waals surface area contributed by atoms with Crippen LogP contribution in [0.5, 0.6) is 5.75 Å². The summed E-state index contributed by atoms with van der Waals surface area (Å²) in [6, 6.07) is 5.03. The fraction of sp³-hybridized carbons (Fsp3) is 0.350. The lowest BCUT2D eigenvalue weighted by Crippen LogP contribution is -2.14. The second-order valence-electron chi connectivity index (χ2n) is 6.38. The van der Waals surface area contributed by atoms with Crippen LogP contribution in [-0.2, 0) is 0 Å². The van der Waals surface area contributed by atoms with E-state index in [1.807, 2.05) is 0 Å². The Morgan fingerprint density at radius 2 is 2.07 bits per heavy atom. The molecule has 2 N–H and O–H groups in total. The third-order valence-corrected chi connectivity index (χ3v) is 4.67. The Balaban J connectivity index is 1.55. The number of halogens is 1. The number of allylic oxidation sites excluding steroid dienone is 1. The molecule has 1 aliphatic carbocycles. The number of ether oxygens (including phenoxy) is 1. The number of amides is 1. The Hall–Kier alpha value is -2.60. The van der Waals surface area contributed by atoms with Crippen molar-refractivity contribution >= 4 is 29.1 Å². The van der Waals surface area contributed by atoms with Crippen LogP contribution in [0.1, 0.15) is 42.5 Å². The summed E-state index contributed by atoms with van der Waals surface area (Å²) >= 11 is 5.98. The number of carbonyl (C=O) groups is 1. The van der Waals surface area contributed by atoms with Crippen LogP contribution < -0.4 is 15.4 Å². The topological polar surface area (TPSA) is 76.1 Å². The molecule has 0 aliphatic heterocycles. The number of aromatic nitrogens is 2. The molecule has 1 aliphatic rings. The van der Waals surface area contributed by atoms with Crippen molar-refractivity contribution in [3.05, 3.63) is 52.8 Å². The van der Waals surface area contributed by atoms with Gasteiger partial charge in [-0.3, -0.25) is 4.79 Å². The fourth-order valence-electron chi connectivity index (χ4n) is 2.98. The van der Waals surface area contributed by atoms with Gasteiger partial charge < -0.3 is 15.4 Å². The van der Waals surface area contributed by atoms with Crippen molar-refractivity contribution in [2.45, 2.75) is 32.1 Å². The van der Waals surface area contributed by atoms with E-state index in [0.717, 1.165) is 13.0 Å². The van der Waals surface area contributed by atoms with E-state index in [1.54, 1.807) is 18.2 Å². The lowest BCUT2D eigenvalue weighted by atomic mass is 9.97. The second kappa shape index (κ2) is 9.37. The molecule has 1 amide bonds. The van der Waals surface area contributed by atoms with Gasteiger partial charge in [0.2, 0.25) is 5.95 Å². The Labute approximate surface area is 164 Å². The van der Waals surface area contributed by atoms with Crippen LogP contribution in [0.2, 0.25) is 5.02 Å². The number of rotatable bonds is 7. The smallest absolute Gasteiger partial charge is 0.258 e. The molecule has 1 aromatic heterocycles. The molecule has 0 bridgehead atoms. The molecule has 0 atom stereocenters. The molecule has 0 fully saturated rings. The highest BCUT2D eigenvalue weighted by Crippen LogP contribution is 2.28. The van der Waals surface area contributed by atoms with Crippen LogP contribution in [0.3, 0.4) is 0 Å². The first-order valence-corrected chi connectivity index (χ1v) is 9.42. The average molecular weight is 387 g/mol. The fourth-order valence-corrected chi connectivity index (χ4v) is 3.15. The number of hydrogen-bond acceptors (Lipinski definition) is 5. The van der Waals surface area contributed by atoms with Crippen LogP contribution in [0.25, 0.3) is 0 Å². The summed E-state index contributed by atoms with van der Waals surface area (Å²) in [6.07, 6.45) is 11.3. The standard InChI is InChI=1S/C20H23ClN4O2/c1-27-18-8-7-16(21)11-17(18)25-19(26)15-12-23-20(24-13-15)22-10-9-14-5-3-2-4-6-14/h5,7-8,11-13H,2-4,6,9-10H2,1H3,(H,25,26)(H,22,23,24). The van der Waals surface area contributed by atoms with Gasteiger partial charge in [0.05, 0.1) is 18.4 Å². The number of anilines is 2. The molecule has 0 saturated carbocycles. The van der Waals surface area contributed by atoms with Crippen molar-refractivity contribution in [3.8, 4) is 5.75 Å². The van der Waals surface area contributed by atoms with Crippen LogP contribution >= 0.6 is 11.6 Å². The summed E-state index contributed by atoms with van der Waals surface area (Å²) < 4.78 is 5.23. The molecular formula is C20H23ClN4O2. The summed E-state index contributed by atoms with van der Waals surface area (Å²) in [5.74, 6) is 0.724. The summed E-state index contributed by atoms with van der Waals surface area (Å²) in [5.41, 5.74) is 2.36. The van der Waals surface area contributed by atoms with Crippen LogP contribution in [0, 0.1) is 0 Å². The van der Waals surface area contributed by atoms with Gasteiger partial charge in [0.25, 0.3) is 5.91 Å². The largest absolute Gasteiger partial charge is 0.495 e. The van der Waals surface area contributed by atoms with E-state index >= 15 is 0 Å². The minimum Gasteiger partial charge on any atom is -0.495 e. The highest BCUT2D eigenvalue weighted by atomic mass is 35.5. The van der Waals surface area contributed by atoms with Gasteiger partial charge in [-0.2, -0.15) is 0 Å². The predicted octanol–water partition coefficient (Wildman–Crippen LogP) is 4.69. The van der Waals surface area contributed by atoms with Gasteiger partial charge in [0, 0.05) is 24.0 Å². The predicted molar refractivity (Wildman–Crippen MR) is 108 cm³/mol. The quantitative estimate of drug-likeness (QED) is 0.675. The van der Waals surface area contributed by atoms with Gasteiger partial charge in [-0.25, -0.2) is 9.97 Å². The number of hydrogen-bond donors (Lipinski definition) is 2. The van der Waals surface area contributed by atoms with E-state index in [2.05, 4.69) is 26.7 Å². The summed E-state index contributed by atoms with van der Waals surface area (Å²) in [7, 11) is 1.53. The monoisotopic (exact) mass is 386 g/mol. The van der Waals surface area contributed by atoms with Gasteiger partial charge in [-0.1, -0.05) is 23.3 Å². The number of benzene rings is 1. The number of nitrogens with zero attached hydrogens (tertiary/aromatic N) is 2. The normalized spacial score (nSPS) is 13.6. The van der Waals surface area contributed by atoms with E-state index < -0.39 is 0 Å². The number of nitrogens with one attached hydrogen (secondary N) is 2. The van der Waals surface area contributed by atoms with Crippen molar-refractivity contribution in [2.24, 2.45) is 0 Å². The minimum atomic E-state index is -0.325. The van der Waals surface area contributed by atoms with Crippen molar-refractivity contribution < 1.29 is 9.53 Å². The van der Waals surface area contributed by atoms with E-state index in [-0.39, 0.29) is 5.91 Å². The summed E-state index contributed by atoms with van der Waals surface area (Å²) in [4.78, 5) is 20.9. The van der Waals surface area contributed by atoms with Crippen LogP contribution in [-0.4, -0.2) is 29.5 Å². The Kier molecular flexibility index (Phi) is 6.65. The maximum atomic E-state index is 12.4. The van der Waals surface area contributed by atoms with E-state index in [9.17, 15) is 4.79 Å². The second-order valence-corrected chi connectivity index (χ2v) is 6.82. The molecule has 1 heterocycles. The third kappa shape index (κ3) is 5.44. The third-order valence-electron chi connectivity index (χ3n) is 4.44. The van der Waals surface area contributed by atoms with E-state index in [1.165, 1.54) is 50.8 Å². The Bertz CT molecular complexity index is 821. The number of carbonyl (C=O) groups excluding carboxylic acids is 1.